The van der Waals surface area contributed by atoms with Crippen LogP contribution in [0.5, 0.6) is 5.75 Å². The van der Waals surface area contributed by atoms with E-state index in [1.807, 2.05) is 19.9 Å². The molecule has 2 amide bonds. The van der Waals surface area contributed by atoms with Crippen molar-refractivity contribution in [1.29, 1.82) is 0 Å². The Bertz CT molecular complexity index is 453. The lowest BCUT2D eigenvalue weighted by Crippen LogP contribution is -2.52. The molecule has 0 aromatic heterocycles. The van der Waals surface area contributed by atoms with Crippen molar-refractivity contribution in [2.75, 3.05) is 19.0 Å². The summed E-state index contributed by atoms with van der Waals surface area (Å²) in [6, 6.07) is 4.99. The maximum absolute atomic E-state index is 12.1. The van der Waals surface area contributed by atoms with E-state index in [9.17, 15) is 9.90 Å². The number of nitrogens with one attached hydrogen (secondary N) is 2. The molecule has 20 heavy (non-hydrogen) atoms. The van der Waals surface area contributed by atoms with E-state index in [0.29, 0.717) is 24.3 Å². The Hall–Kier alpha value is -1.27. The van der Waals surface area contributed by atoms with Crippen LogP contribution in [-0.4, -0.2) is 30.4 Å². The van der Waals surface area contributed by atoms with Crippen LogP contribution in [0.4, 0.5) is 10.5 Å². The minimum Gasteiger partial charge on any atom is -0.495 e. The summed E-state index contributed by atoms with van der Waals surface area (Å²) in [5.74, 6) is 0.575. The maximum Gasteiger partial charge on any atom is 0.319 e. The van der Waals surface area contributed by atoms with Crippen molar-refractivity contribution in [1.82, 2.24) is 5.32 Å². The molecule has 112 valence electrons. The number of rotatable bonds is 6. The van der Waals surface area contributed by atoms with Crippen LogP contribution in [0.3, 0.4) is 0 Å². The summed E-state index contributed by atoms with van der Waals surface area (Å²) >= 11 is 3.35. The third kappa shape index (κ3) is 4.11. The molecular weight excluding hydrogens is 324 g/mol. The van der Waals surface area contributed by atoms with Crippen LogP contribution in [0.25, 0.3) is 0 Å². The van der Waals surface area contributed by atoms with Gasteiger partial charge in [-0.2, -0.15) is 0 Å². The van der Waals surface area contributed by atoms with E-state index in [4.69, 9.17) is 4.74 Å². The Balaban J connectivity index is 2.83. The zero-order valence-electron chi connectivity index (χ0n) is 12.0. The first-order valence-electron chi connectivity index (χ1n) is 6.53. The van der Waals surface area contributed by atoms with Gasteiger partial charge in [-0.05, 0) is 31.0 Å². The summed E-state index contributed by atoms with van der Waals surface area (Å²) in [6.07, 6.45) is 1.31. The predicted octanol–water partition coefficient (Wildman–Crippen LogP) is 3.13. The number of ether oxygens (including phenoxy) is 1. The second-order valence-electron chi connectivity index (χ2n) is 4.57. The summed E-state index contributed by atoms with van der Waals surface area (Å²) in [7, 11) is 1.54. The molecule has 0 fully saturated rings. The van der Waals surface area contributed by atoms with Gasteiger partial charge in [0.05, 0.1) is 24.9 Å². The third-order valence-electron chi connectivity index (χ3n) is 3.44. The molecule has 6 heteroatoms. The predicted molar refractivity (Wildman–Crippen MR) is 83.2 cm³/mol. The number of hydrogen-bond acceptors (Lipinski definition) is 3. The van der Waals surface area contributed by atoms with Crippen molar-refractivity contribution in [3.05, 3.63) is 22.7 Å². The Kier molecular flexibility index (Phi) is 6.29. The van der Waals surface area contributed by atoms with E-state index in [2.05, 4.69) is 26.6 Å². The average Bonchev–Trinajstić information content (AvgIpc) is 2.45. The number of methoxy groups -OCH3 is 1. The molecule has 0 atom stereocenters. The minimum atomic E-state index is -0.594. The molecule has 5 nitrogen and oxygen atoms in total. The minimum absolute atomic E-state index is 0.0942. The Morgan fingerprint density at radius 3 is 2.55 bits per heavy atom. The number of amides is 2. The number of carbonyl (C=O) groups is 1. The van der Waals surface area contributed by atoms with Crippen molar-refractivity contribution < 1.29 is 14.6 Å². The van der Waals surface area contributed by atoms with Crippen LogP contribution >= 0.6 is 15.9 Å². The lowest BCUT2D eigenvalue weighted by atomic mass is 9.94. The van der Waals surface area contributed by atoms with Gasteiger partial charge in [-0.1, -0.05) is 29.8 Å². The lowest BCUT2D eigenvalue weighted by Gasteiger charge is -2.30. The van der Waals surface area contributed by atoms with Crippen molar-refractivity contribution in [3.8, 4) is 5.75 Å². The average molecular weight is 345 g/mol. The lowest BCUT2D eigenvalue weighted by molar-refractivity contribution is 0.155. The maximum atomic E-state index is 12.1. The summed E-state index contributed by atoms with van der Waals surface area (Å²) < 4.78 is 6.04. The van der Waals surface area contributed by atoms with Crippen LogP contribution in [0.2, 0.25) is 0 Å². The van der Waals surface area contributed by atoms with E-state index in [0.717, 1.165) is 4.47 Å². The number of halogens is 1. The molecule has 0 saturated carbocycles. The zero-order chi connectivity index (χ0) is 15.2. The molecule has 0 aliphatic rings. The molecule has 0 aliphatic carbocycles. The van der Waals surface area contributed by atoms with Gasteiger partial charge in [0.15, 0.2) is 0 Å². The first-order chi connectivity index (χ1) is 9.50. The molecule has 1 rings (SSSR count). The smallest absolute Gasteiger partial charge is 0.319 e. The number of hydrogen-bond donors (Lipinski definition) is 3. The summed E-state index contributed by atoms with van der Waals surface area (Å²) in [4.78, 5) is 12.1. The molecule has 0 spiro atoms. The van der Waals surface area contributed by atoms with Crippen LogP contribution in [0.15, 0.2) is 22.7 Å². The monoisotopic (exact) mass is 344 g/mol. The largest absolute Gasteiger partial charge is 0.495 e. The number of anilines is 1. The van der Waals surface area contributed by atoms with Crippen molar-refractivity contribution >= 4 is 27.6 Å². The number of urea groups is 1. The molecule has 0 saturated heterocycles. The van der Waals surface area contributed by atoms with Gasteiger partial charge in [-0.25, -0.2) is 4.79 Å². The van der Waals surface area contributed by atoms with Gasteiger partial charge >= 0.3 is 6.03 Å². The van der Waals surface area contributed by atoms with Gasteiger partial charge in [-0.3, -0.25) is 0 Å². The summed E-state index contributed by atoms with van der Waals surface area (Å²) in [5.41, 5.74) is -0.0259. The Labute approximate surface area is 127 Å². The molecule has 0 aliphatic heterocycles. The number of carbonyl (C=O) groups excluding carboxylic acids is 1. The van der Waals surface area contributed by atoms with Crippen LogP contribution in [-0.2, 0) is 0 Å². The molecule has 3 N–H and O–H groups in total. The van der Waals surface area contributed by atoms with Crippen LogP contribution in [0.1, 0.15) is 26.7 Å². The van der Waals surface area contributed by atoms with Crippen molar-refractivity contribution in [2.24, 2.45) is 0 Å². The number of aliphatic hydroxyl groups excluding tert-OH is 1. The van der Waals surface area contributed by atoms with E-state index in [1.165, 1.54) is 0 Å². The first-order valence-corrected chi connectivity index (χ1v) is 7.33. The number of benzene rings is 1. The molecule has 1 aromatic carbocycles. The topological polar surface area (TPSA) is 70.6 Å². The second-order valence-corrected chi connectivity index (χ2v) is 5.48. The van der Waals surface area contributed by atoms with Gasteiger partial charge in [-0.15, -0.1) is 0 Å². The second kappa shape index (κ2) is 7.50. The van der Waals surface area contributed by atoms with Gasteiger partial charge < -0.3 is 20.5 Å². The highest BCUT2D eigenvalue weighted by molar-refractivity contribution is 9.10. The first kappa shape index (κ1) is 16.8. The fourth-order valence-electron chi connectivity index (χ4n) is 1.86. The van der Waals surface area contributed by atoms with Gasteiger partial charge in [0.25, 0.3) is 0 Å². The highest BCUT2D eigenvalue weighted by Gasteiger charge is 2.27. The van der Waals surface area contributed by atoms with Gasteiger partial charge in [0.1, 0.15) is 5.75 Å². The van der Waals surface area contributed by atoms with Gasteiger partial charge in [0.2, 0.25) is 0 Å². The van der Waals surface area contributed by atoms with E-state index in [1.54, 1.807) is 19.2 Å². The van der Waals surface area contributed by atoms with E-state index in [-0.39, 0.29) is 12.6 Å². The van der Waals surface area contributed by atoms with E-state index < -0.39 is 5.54 Å². The molecule has 0 unspecified atom stereocenters. The zero-order valence-corrected chi connectivity index (χ0v) is 13.6. The Morgan fingerprint density at radius 2 is 2.05 bits per heavy atom. The molecule has 1 aromatic rings. The van der Waals surface area contributed by atoms with Crippen LogP contribution < -0.4 is 15.4 Å². The summed E-state index contributed by atoms with van der Waals surface area (Å²) in [6.45, 7) is 3.77. The molecular formula is C14H21BrN2O3. The SMILES string of the molecule is CCC(CC)(CO)NC(=O)Nc1cc(Br)ccc1OC. The highest BCUT2D eigenvalue weighted by Crippen LogP contribution is 2.28. The quantitative estimate of drug-likeness (QED) is 0.742. The number of aliphatic hydroxyl groups is 1. The molecule has 0 bridgehead atoms. The van der Waals surface area contributed by atoms with Crippen LogP contribution in [0, 0.1) is 0 Å². The third-order valence-corrected chi connectivity index (χ3v) is 3.94. The van der Waals surface area contributed by atoms with Crippen molar-refractivity contribution in [2.45, 2.75) is 32.2 Å². The van der Waals surface area contributed by atoms with Gasteiger partial charge in [0, 0.05) is 4.47 Å². The van der Waals surface area contributed by atoms with E-state index >= 15 is 0 Å². The standard InChI is InChI=1S/C14H21BrN2O3/c1-4-14(5-2,9-18)17-13(19)16-11-8-10(15)6-7-12(11)20-3/h6-8,18H,4-5,9H2,1-3H3,(H2,16,17,19). The normalized spacial score (nSPS) is 11.1. The fourth-order valence-corrected chi connectivity index (χ4v) is 2.22. The highest BCUT2D eigenvalue weighted by atomic mass is 79.9. The summed E-state index contributed by atoms with van der Waals surface area (Å²) in [5, 5.41) is 15.0. The molecule has 0 heterocycles. The van der Waals surface area contributed by atoms with Crippen molar-refractivity contribution in [3.63, 3.8) is 0 Å². The molecule has 0 radical (unpaired) electrons. The Morgan fingerprint density at radius 1 is 1.40 bits per heavy atom. The fraction of sp³-hybridized carbons (Fsp3) is 0.500.